The van der Waals surface area contributed by atoms with Crippen LogP contribution in [-0.2, 0) is 12.8 Å². The lowest BCUT2D eigenvalue weighted by Gasteiger charge is -2.05. The molecule has 0 saturated carbocycles. The number of fused-ring (bicyclic) bond motifs is 2. The molecule has 1 aliphatic carbocycles. The first kappa shape index (κ1) is 14.4. The normalized spacial score (nSPS) is 13.3. The Morgan fingerprint density at radius 3 is 3.09 bits per heavy atom. The van der Waals surface area contributed by atoms with Crippen LogP contribution in [0.5, 0.6) is 0 Å². The number of rotatable bonds is 2. The SMILES string of the molecule is Nc1c(C(=O)Nc2cccnc2Cl)sc2nc3c(cc12)CCC3. The van der Waals surface area contributed by atoms with Crippen molar-refractivity contribution in [2.24, 2.45) is 0 Å². The van der Waals surface area contributed by atoms with Gasteiger partial charge in [-0.25, -0.2) is 9.97 Å². The first-order chi connectivity index (χ1) is 11.1. The van der Waals surface area contributed by atoms with Crippen molar-refractivity contribution in [2.45, 2.75) is 19.3 Å². The number of anilines is 2. The van der Waals surface area contributed by atoms with E-state index in [1.54, 1.807) is 18.3 Å². The van der Waals surface area contributed by atoms with E-state index in [2.05, 4.69) is 21.4 Å². The van der Waals surface area contributed by atoms with Crippen LogP contribution < -0.4 is 11.1 Å². The van der Waals surface area contributed by atoms with E-state index in [-0.39, 0.29) is 11.1 Å². The van der Waals surface area contributed by atoms with Crippen molar-refractivity contribution >= 4 is 50.4 Å². The average molecular weight is 345 g/mol. The molecule has 0 atom stereocenters. The monoisotopic (exact) mass is 344 g/mol. The number of aryl methyl sites for hydroxylation is 2. The van der Waals surface area contributed by atoms with Crippen molar-refractivity contribution < 1.29 is 4.79 Å². The maximum Gasteiger partial charge on any atom is 0.268 e. The van der Waals surface area contributed by atoms with Gasteiger partial charge < -0.3 is 11.1 Å². The molecule has 5 nitrogen and oxygen atoms in total. The molecule has 7 heteroatoms. The topological polar surface area (TPSA) is 80.9 Å². The third kappa shape index (κ3) is 2.44. The Bertz CT molecular complexity index is 937. The van der Waals surface area contributed by atoms with Gasteiger partial charge in [0.05, 0.1) is 11.4 Å². The van der Waals surface area contributed by atoms with Gasteiger partial charge in [-0.2, -0.15) is 0 Å². The molecule has 0 bridgehead atoms. The molecule has 0 fully saturated rings. The van der Waals surface area contributed by atoms with Crippen molar-refractivity contribution in [1.29, 1.82) is 0 Å². The minimum Gasteiger partial charge on any atom is -0.397 e. The number of amides is 1. The summed E-state index contributed by atoms with van der Waals surface area (Å²) >= 11 is 7.29. The lowest BCUT2D eigenvalue weighted by Crippen LogP contribution is -2.12. The standard InChI is InChI=1S/C16H13ClN4OS/c17-14-11(5-2-6-19-14)20-15(22)13-12(18)9-7-8-3-1-4-10(8)21-16(9)23-13/h2,5-7H,1,3-4,18H2,(H,20,22). The Balaban J connectivity index is 1.73. The highest BCUT2D eigenvalue weighted by Gasteiger charge is 2.21. The van der Waals surface area contributed by atoms with E-state index < -0.39 is 0 Å². The Kier molecular flexibility index (Phi) is 3.43. The third-order valence-electron chi connectivity index (χ3n) is 3.96. The molecular formula is C16H13ClN4OS. The van der Waals surface area contributed by atoms with Crippen LogP contribution in [0, 0.1) is 0 Å². The Labute approximate surface area is 141 Å². The van der Waals surface area contributed by atoms with Crippen LogP contribution in [-0.4, -0.2) is 15.9 Å². The van der Waals surface area contributed by atoms with E-state index in [0.29, 0.717) is 16.3 Å². The van der Waals surface area contributed by atoms with Gasteiger partial charge in [-0.3, -0.25) is 4.79 Å². The minimum atomic E-state index is -0.291. The Morgan fingerprint density at radius 1 is 1.39 bits per heavy atom. The molecule has 3 aromatic heterocycles. The van der Waals surface area contributed by atoms with Gasteiger partial charge in [0.1, 0.15) is 9.71 Å². The summed E-state index contributed by atoms with van der Waals surface area (Å²) in [6.45, 7) is 0. The first-order valence-corrected chi connectivity index (χ1v) is 8.45. The molecule has 0 spiro atoms. The number of aromatic nitrogens is 2. The number of carbonyl (C=O) groups is 1. The minimum absolute atomic E-state index is 0.248. The lowest BCUT2D eigenvalue weighted by atomic mass is 10.1. The molecule has 1 amide bonds. The van der Waals surface area contributed by atoms with Crippen LogP contribution in [0.1, 0.15) is 27.3 Å². The van der Waals surface area contributed by atoms with Crippen molar-refractivity contribution in [1.82, 2.24) is 9.97 Å². The second-order valence-corrected chi connectivity index (χ2v) is 6.80. The molecule has 0 aliphatic heterocycles. The second kappa shape index (κ2) is 5.47. The molecule has 23 heavy (non-hydrogen) atoms. The Morgan fingerprint density at radius 2 is 2.26 bits per heavy atom. The van der Waals surface area contributed by atoms with Crippen LogP contribution in [0.15, 0.2) is 24.4 Å². The van der Waals surface area contributed by atoms with Crippen LogP contribution in [0.3, 0.4) is 0 Å². The van der Waals surface area contributed by atoms with Gasteiger partial charge in [-0.1, -0.05) is 11.6 Å². The number of nitrogens with zero attached hydrogens (tertiary/aromatic N) is 2. The summed E-state index contributed by atoms with van der Waals surface area (Å²) in [7, 11) is 0. The maximum atomic E-state index is 12.5. The quantitative estimate of drug-likeness (QED) is 0.695. The van der Waals surface area contributed by atoms with Gasteiger partial charge in [-0.15, -0.1) is 11.3 Å². The average Bonchev–Trinajstić information content (AvgIpc) is 3.12. The van der Waals surface area contributed by atoms with Crippen molar-refractivity contribution in [3.8, 4) is 0 Å². The predicted molar refractivity (Wildman–Crippen MR) is 93.3 cm³/mol. The molecule has 3 heterocycles. The zero-order valence-electron chi connectivity index (χ0n) is 12.1. The highest BCUT2D eigenvalue weighted by atomic mass is 35.5. The summed E-state index contributed by atoms with van der Waals surface area (Å²) in [5.41, 5.74) is 9.49. The lowest BCUT2D eigenvalue weighted by molar-refractivity contribution is 0.103. The van der Waals surface area contributed by atoms with Crippen molar-refractivity contribution in [3.05, 3.63) is 45.7 Å². The molecule has 3 N–H and O–H groups in total. The van der Waals surface area contributed by atoms with E-state index in [1.807, 2.05) is 0 Å². The molecule has 0 aromatic carbocycles. The highest BCUT2D eigenvalue weighted by molar-refractivity contribution is 7.21. The molecular weight excluding hydrogens is 332 g/mol. The molecule has 116 valence electrons. The zero-order chi connectivity index (χ0) is 16.0. The first-order valence-electron chi connectivity index (χ1n) is 7.26. The summed E-state index contributed by atoms with van der Waals surface area (Å²) in [5.74, 6) is -0.291. The second-order valence-electron chi connectivity index (χ2n) is 5.44. The number of hydrogen-bond donors (Lipinski definition) is 2. The molecule has 3 aromatic rings. The van der Waals surface area contributed by atoms with Crippen LogP contribution in [0.4, 0.5) is 11.4 Å². The number of pyridine rings is 2. The number of nitrogens with two attached hydrogens (primary N) is 1. The van der Waals surface area contributed by atoms with Gasteiger partial charge in [0.2, 0.25) is 0 Å². The van der Waals surface area contributed by atoms with Gasteiger partial charge in [0, 0.05) is 17.3 Å². The number of carbonyl (C=O) groups excluding carboxylic acids is 1. The van der Waals surface area contributed by atoms with Crippen LogP contribution >= 0.6 is 22.9 Å². The van der Waals surface area contributed by atoms with E-state index in [1.165, 1.54) is 16.9 Å². The van der Waals surface area contributed by atoms with E-state index >= 15 is 0 Å². The fourth-order valence-corrected chi connectivity index (χ4v) is 3.98. The van der Waals surface area contributed by atoms with Crippen LogP contribution in [0.25, 0.3) is 10.2 Å². The fourth-order valence-electron chi connectivity index (χ4n) is 2.82. The van der Waals surface area contributed by atoms with E-state index in [4.69, 9.17) is 17.3 Å². The number of thiophene rings is 1. The predicted octanol–water partition coefficient (Wildman–Crippen LogP) is 3.67. The maximum absolute atomic E-state index is 12.5. The molecule has 0 radical (unpaired) electrons. The molecule has 4 rings (SSSR count). The number of nitrogens with one attached hydrogen (secondary N) is 1. The summed E-state index contributed by atoms with van der Waals surface area (Å²) in [5, 5.41) is 3.86. The zero-order valence-corrected chi connectivity index (χ0v) is 13.7. The molecule has 1 aliphatic rings. The highest BCUT2D eigenvalue weighted by Crippen LogP contribution is 2.36. The summed E-state index contributed by atoms with van der Waals surface area (Å²) in [6.07, 6.45) is 4.72. The van der Waals surface area contributed by atoms with Gasteiger partial charge in [0.15, 0.2) is 5.15 Å². The van der Waals surface area contributed by atoms with Gasteiger partial charge in [-0.05, 0) is 43.0 Å². The fraction of sp³-hybridized carbons (Fsp3) is 0.188. The number of halogens is 1. The van der Waals surface area contributed by atoms with Gasteiger partial charge >= 0.3 is 0 Å². The number of nitrogen functional groups attached to an aromatic ring is 1. The summed E-state index contributed by atoms with van der Waals surface area (Å²) < 4.78 is 0. The largest absolute Gasteiger partial charge is 0.397 e. The van der Waals surface area contributed by atoms with Crippen molar-refractivity contribution in [3.63, 3.8) is 0 Å². The smallest absolute Gasteiger partial charge is 0.268 e. The van der Waals surface area contributed by atoms with Crippen LogP contribution in [0.2, 0.25) is 5.15 Å². The van der Waals surface area contributed by atoms with Gasteiger partial charge in [0.25, 0.3) is 5.91 Å². The summed E-state index contributed by atoms with van der Waals surface area (Å²) in [4.78, 5) is 22.4. The molecule has 0 saturated heterocycles. The Hall–Kier alpha value is -2.18. The third-order valence-corrected chi connectivity index (χ3v) is 5.38. The number of hydrogen-bond acceptors (Lipinski definition) is 5. The van der Waals surface area contributed by atoms with Crippen molar-refractivity contribution in [2.75, 3.05) is 11.1 Å². The van der Waals surface area contributed by atoms with E-state index in [9.17, 15) is 4.79 Å². The van der Waals surface area contributed by atoms with E-state index in [0.717, 1.165) is 35.2 Å². The summed E-state index contributed by atoms with van der Waals surface area (Å²) in [6, 6.07) is 5.48. The molecule has 0 unspecified atom stereocenters.